The Kier molecular flexibility index (Phi) is 63.1. The molecule has 4 unspecified atom stereocenters. The SMILES string of the molecule is CCC(C)CCCCCCCCCCC(=O)O[C@H](COC(=O)CCCCCCCCCCCCCC(C)C)COP(=O)(O)OCC(O)COP(=O)(O)OC[C@@H](COC(=O)CCCCCCCCC(C)C)OC(=O)CCCCCCCCCCCCCCCCCCC(C)C. The molecule has 0 aliphatic heterocycles. The first-order chi connectivity index (χ1) is 45.1. The van der Waals surface area contributed by atoms with Crippen LogP contribution in [0.15, 0.2) is 0 Å². The molecule has 0 amide bonds. The van der Waals surface area contributed by atoms with Crippen LogP contribution in [0.2, 0.25) is 0 Å². The van der Waals surface area contributed by atoms with Gasteiger partial charge in [0.25, 0.3) is 0 Å². The predicted molar refractivity (Wildman–Crippen MR) is 381 cm³/mol. The molecular formula is C75H146O17P2. The Morgan fingerprint density at radius 1 is 0.298 bits per heavy atom. The molecule has 19 heteroatoms. The first-order valence-corrected chi connectivity index (χ1v) is 41.7. The van der Waals surface area contributed by atoms with Gasteiger partial charge in [-0.15, -0.1) is 0 Å². The third-order valence-corrected chi connectivity index (χ3v) is 19.6. The van der Waals surface area contributed by atoms with Crippen molar-refractivity contribution in [2.24, 2.45) is 23.7 Å². The first kappa shape index (κ1) is 92.1. The van der Waals surface area contributed by atoms with Gasteiger partial charge in [-0.1, -0.05) is 325 Å². The standard InChI is InChI=1S/C75H146O17P2/c1-9-68(8)54-46-38-29-25-26-32-42-50-58-75(80)92-70(61-85-72(77)55-47-39-30-23-20-16-18-22-28-36-44-52-66(4)5)63-89-93(81,82)87-59-69(76)60-88-94(83,84)90-64-71(62-86-73(78)56-48-40-34-33-37-45-53-67(6)7)91-74(79)57-49-41-31-24-19-15-13-11-10-12-14-17-21-27-35-43-51-65(2)3/h65-71,76H,9-64H2,1-8H3,(H,81,82)(H,83,84)/t68?,69?,70-,71-/m1/s1. The van der Waals surface area contributed by atoms with Gasteiger partial charge in [-0.2, -0.15) is 0 Å². The van der Waals surface area contributed by atoms with Crippen molar-refractivity contribution < 1.29 is 80.2 Å². The van der Waals surface area contributed by atoms with E-state index in [-0.39, 0.29) is 25.7 Å². The normalized spacial score (nSPS) is 14.4. The molecule has 17 nitrogen and oxygen atoms in total. The second kappa shape index (κ2) is 64.4. The minimum absolute atomic E-state index is 0.104. The maximum absolute atomic E-state index is 13.0. The number of aliphatic hydroxyl groups is 1. The van der Waals surface area contributed by atoms with Crippen LogP contribution in [0.1, 0.15) is 376 Å². The van der Waals surface area contributed by atoms with E-state index >= 15 is 0 Å². The van der Waals surface area contributed by atoms with Crippen molar-refractivity contribution in [3.8, 4) is 0 Å². The van der Waals surface area contributed by atoms with E-state index < -0.39 is 97.5 Å². The maximum Gasteiger partial charge on any atom is 0.472 e. The summed E-state index contributed by atoms with van der Waals surface area (Å²) in [5, 5.41) is 10.6. The molecule has 0 aliphatic rings. The van der Waals surface area contributed by atoms with Crippen LogP contribution in [0.4, 0.5) is 0 Å². The molecule has 94 heavy (non-hydrogen) atoms. The Morgan fingerprint density at radius 3 is 0.755 bits per heavy atom. The lowest BCUT2D eigenvalue weighted by atomic mass is 9.99. The number of esters is 4. The van der Waals surface area contributed by atoms with Crippen molar-refractivity contribution in [3.63, 3.8) is 0 Å². The summed E-state index contributed by atoms with van der Waals surface area (Å²) in [6, 6.07) is 0. The van der Waals surface area contributed by atoms with Crippen molar-refractivity contribution in [1.29, 1.82) is 0 Å². The number of phosphoric acid groups is 2. The zero-order valence-corrected chi connectivity index (χ0v) is 63.4. The minimum atomic E-state index is -4.96. The molecule has 0 saturated heterocycles. The first-order valence-electron chi connectivity index (χ1n) is 38.7. The Morgan fingerprint density at radius 2 is 0.511 bits per heavy atom. The highest BCUT2D eigenvalue weighted by Gasteiger charge is 2.30. The van der Waals surface area contributed by atoms with Gasteiger partial charge in [0.15, 0.2) is 12.2 Å². The Labute approximate surface area is 575 Å². The van der Waals surface area contributed by atoms with Gasteiger partial charge < -0.3 is 33.8 Å². The number of phosphoric ester groups is 2. The molecule has 0 heterocycles. The van der Waals surface area contributed by atoms with Gasteiger partial charge in [0.1, 0.15) is 19.3 Å². The molecule has 0 aromatic carbocycles. The molecule has 0 aromatic heterocycles. The largest absolute Gasteiger partial charge is 0.472 e. The molecule has 0 rings (SSSR count). The lowest BCUT2D eigenvalue weighted by molar-refractivity contribution is -0.161. The summed E-state index contributed by atoms with van der Waals surface area (Å²) in [5.74, 6) is 0.904. The van der Waals surface area contributed by atoms with Crippen molar-refractivity contribution in [1.82, 2.24) is 0 Å². The lowest BCUT2D eigenvalue weighted by Gasteiger charge is -2.21. The number of aliphatic hydroxyl groups excluding tert-OH is 1. The summed E-state index contributed by atoms with van der Waals surface area (Å²) in [6.45, 7) is 14.1. The monoisotopic (exact) mass is 1380 g/mol. The number of hydrogen-bond acceptors (Lipinski definition) is 15. The third-order valence-electron chi connectivity index (χ3n) is 17.7. The van der Waals surface area contributed by atoms with Crippen molar-refractivity contribution in [2.75, 3.05) is 39.6 Å². The number of unbranched alkanes of at least 4 members (excludes halogenated alkanes) is 37. The molecule has 0 fully saturated rings. The fourth-order valence-corrected chi connectivity index (χ4v) is 12.9. The van der Waals surface area contributed by atoms with Crippen LogP contribution in [0, 0.1) is 23.7 Å². The summed E-state index contributed by atoms with van der Waals surface area (Å²) in [7, 11) is -9.91. The lowest BCUT2D eigenvalue weighted by Crippen LogP contribution is -2.30. The highest BCUT2D eigenvalue weighted by Crippen LogP contribution is 2.45. The van der Waals surface area contributed by atoms with E-state index in [1.165, 1.54) is 173 Å². The summed E-state index contributed by atoms with van der Waals surface area (Å²) in [6.07, 6.45) is 48.7. The van der Waals surface area contributed by atoms with Gasteiger partial charge in [-0.3, -0.25) is 37.3 Å². The Hall–Kier alpha value is -1.94. The highest BCUT2D eigenvalue weighted by atomic mass is 31.2. The number of ether oxygens (including phenoxy) is 4. The fourth-order valence-electron chi connectivity index (χ4n) is 11.3. The summed E-state index contributed by atoms with van der Waals surface area (Å²) >= 11 is 0. The topological polar surface area (TPSA) is 237 Å². The van der Waals surface area contributed by atoms with Gasteiger partial charge >= 0.3 is 39.5 Å². The molecular weight excluding hydrogens is 1230 g/mol. The molecule has 0 spiro atoms. The molecule has 0 radical (unpaired) electrons. The highest BCUT2D eigenvalue weighted by molar-refractivity contribution is 7.47. The van der Waals surface area contributed by atoms with E-state index in [0.29, 0.717) is 31.6 Å². The van der Waals surface area contributed by atoms with E-state index in [2.05, 4.69) is 55.4 Å². The van der Waals surface area contributed by atoms with Crippen LogP contribution in [-0.4, -0.2) is 96.7 Å². The van der Waals surface area contributed by atoms with E-state index in [0.717, 1.165) is 114 Å². The van der Waals surface area contributed by atoms with Gasteiger partial charge in [-0.05, 0) is 49.4 Å². The van der Waals surface area contributed by atoms with E-state index in [9.17, 15) is 43.2 Å². The average Bonchev–Trinajstić information content (AvgIpc) is 2.36. The Balaban J connectivity index is 5.20. The quantitative estimate of drug-likeness (QED) is 0.0222. The van der Waals surface area contributed by atoms with Crippen LogP contribution < -0.4 is 0 Å². The van der Waals surface area contributed by atoms with E-state index in [1.54, 1.807) is 0 Å². The van der Waals surface area contributed by atoms with Gasteiger partial charge in [0.05, 0.1) is 26.4 Å². The fraction of sp³-hybridized carbons (Fsp3) is 0.947. The second-order valence-electron chi connectivity index (χ2n) is 28.7. The number of carbonyl (C=O) groups excluding carboxylic acids is 4. The molecule has 558 valence electrons. The van der Waals surface area contributed by atoms with Crippen molar-refractivity contribution in [3.05, 3.63) is 0 Å². The van der Waals surface area contributed by atoms with Crippen LogP contribution in [0.25, 0.3) is 0 Å². The average molecular weight is 1380 g/mol. The maximum atomic E-state index is 13.0. The summed E-state index contributed by atoms with van der Waals surface area (Å²) in [4.78, 5) is 72.7. The van der Waals surface area contributed by atoms with Gasteiger partial charge in [0.2, 0.25) is 0 Å². The molecule has 3 N–H and O–H groups in total. The van der Waals surface area contributed by atoms with Crippen LogP contribution in [-0.2, 0) is 65.4 Å². The van der Waals surface area contributed by atoms with Crippen molar-refractivity contribution >= 4 is 39.5 Å². The zero-order chi connectivity index (χ0) is 69.6. The molecule has 0 aromatic rings. The number of hydrogen-bond donors (Lipinski definition) is 3. The molecule has 6 atom stereocenters. The number of carbonyl (C=O) groups is 4. The second-order valence-corrected chi connectivity index (χ2v) is 31.6. The zero-order valence-electron chi connectivity index (χ0n) is 61.6. The minimum Gasteiger partial charge on any atom is -0.462 e. The molecule has 0 aliphatic carbocycles. The molecule has 0 bridgehead atoms. The van der Waals surface area contributed by atoms with Gasteiger partial charge in [-0.25, -0.2) is 9.13 Å². The van der Waals surface area contributed by atoms with Crippen LogP contribution >= 0.6 is 15.6 Å². The summed E-state index contributed by atoms with van der Waals surface area (Å²) < 4.78 is 68.4. The Bertz CT molecular complexity index is 1850. The molecule has 0 saturated carbocycles. The third kappa shape index (κ3) is 67.3. The van der Waals surface area contributed by atoms with Crippen LogP contribution in [0.5, 0.6) is 0 Å². The predicted octanol–water partition coefficient (Wildman–Crippen LogP) is 21.7. The summed E-state index contributed by atoms with van der Waals surface area (Å²) in [5.41, 5.74) is 0. The van der Waals surface area contributed by atoms with Crippen LogP contribution in [0.3, 0.4) is 0 Å². The van der Waals surface area contributed by atoms with E-state index in [4.69, 9.17) is 37.0 Å². The smallest absolute Gasteiger partial charge is 0.462 e. The van der Waals surface area contributed by atoms with E-state index in [1.807, 2.05) is 0 Å². The van der Waals surface area contributed by atoms with Crippen molar-refractivity contribution in [2.45, 2.75) is 395 Å². The number of rotatable bonds is 72. The van der Waals surface area contributed by atoms with Gasteiger partial charge in [0, 0.05) is 25.7 Å².